The average molecular weight is 368 g/mol. The van der Waals surface area contributed by atoms with Crippen LogP contribution in [0.3, 0.4) is 0 Å². The summed E-state index contributed by atoms with van der Waals surface area (Å²) in [6.07, 6.45) is 7.69. The molecule has 0 bridgehead atoms. The number of aryl methyl sites for hydroxylation is 1. The van der Waals surface area contributed by atoms with E-state index in [4.69, 9.17) is 5.73 Å². The number of primary amides is 1. The normalized spacial score (nSPS) is 13.9. The van der Waals surface area contributed by atoms with Gasteiger partial charge >= 0.3 is 0 Å². The molecular weight excluding hydrogens is 344 g/mol. The Morgan fingerprint density at radius 2 is 2.15 bits per heavy atom. The van der Waals surface area contributed by atoms with Crippen molar-refractivity contribution in [2.75, 3.05) is 31.6 Å². The molecule has 1 amide bonds. The standard InChI is InChI=1S/C18H24N8O/c1-4-26(18-14-16(22-11-21-14)23-12(2)24-18)10-9-25(3)17-13(15(19)27)7-5-6-8-20-17/h5,7-8,11H,4,6,9-10H2,1-3H3,(H2,19,27)(H,21,22,23,24). The lowest BCUT2D eigenvalue weighted by molar-refractivity contribution is -0.114. The van der Waals surface area contributed by atoms with E-state index in [0.29, 0.717) is 42.4 Å². The van der Waals surface area contributed by atoms with Crippen LogP contribution in [0.2, 0.25) is 0 Å². The first kappa shape index (κ1) is 18.6. The molecule has 0 saturated heterocycles. The van der Waals surface area contributed by atoms with E-state index in [1.54, 1.807) is 18.6 Å². The average Bonchev–Trinajstić information content (AvgIpc) is 2.96. The van der Waals surface area contributed by atoms with Crippen LogP contribution < -0.4 is 10.6 Å². The van der Waals surface area contributed by atoms with Gasteiger partial charge in [-0.05, 0) is 19.9 Å². The van der Waals surface area contributed by atoms with E-state index in [2.05, 4.69) is 36.8 Å². The largest absolute Gasteiger partial charge is 0.365 e. The molecule has 3 heterocycles. The minimum atomic E-state index is -0.481. The van der Waals surface area contributed by atoms with Gasteiger partial charge in [-0.2, -0.15) is 0 Å². The van der Waals surface area contributed by atoms with Gasteiger partial charge in [-0.15, -0.1) is 0 Å². The van der Waals surface area contributed by atoms with Gasteiger partial charge in [-0.3, -0.25) is 4.79 Å². The van der Waals surface area contributed by atoms with Crippen molar-refractivity contribution in [2.45, 2.75) is 20.3 Å². The van der Waals surface area contributed by atoms with Crippen molar-refractivity contribution in [3.63, 3.8) is 0 Å². The number of imidazole rings is 1. The lowest BCUT2D eigenvalue weighted by Crippen LogP contribution is -2.34. The zero-order valence-corrected chi connectivity index (χ0v) is 15.8. The minimum absolute atomic E-state index is 0.420. The highest BCUT2D eigenvalue weighted by Gasteiger charge is 2.18. The number of nitrogens with one attached hydrogen (secondary N) is 1. The molecule has 0 fully saturated rings. The van der Waals surface area contributed by atoms with E-state index in [1.165, 1.54) is 0 Å². The molecule has 0 aliphatic carbocycles. The monoisotopic (exact) mass is 368 g/mol. The maximum absolute atomic E-state index is 11.8. The lowest BCUT2D eigenvalue weighted by Gasteiger charge is -2.27. The molecule has 2 aromatic rings. The molecule has 0 spiro atoms. The molecule has 9 heteroatoms. The third-order valence-corrected chi connectivity index (χ3v) is 4.37. The smallest absolute Gasteiger partial charge is 0.252 e. The highest BCUT2D eigenvalue weighted by atomic mass is 16.1. The van der Waals surface area contributed by atoms with Crippen molar-refractivity contribution >= 4 is 29.1 Å². The summed E-state index contributed by atoms with van der Waals surface area (Å²) in [5.41, 5.74) is 7.41. The van der Waals surface area contributed by atoms with Crippen LogP contribution in [0, 0.1) is 6.92 Å². The van der Waals surface area contributed by atoms with Crippen molar-refractivity contribution in [1.82, 2.24) is 24.8 Å². The van der Waals surface area contributed by atoms with Crippen LogP contribution in [0.4, 0.5) is 5.82 Å². The number of hydrogen-bond acceptors (Lipinski definition) is 7. The fraction of sp³-hybridized carbons (Fsp3) is 0.389. The number of carbonyl (C=O) groups excluding carboxylic acids is 1. The fourth-order valence-corrected chi connectivity index (χ4v) is 2.97. The van der Waals surface area contributed by atoms with Crippen molar-refractivity contribution in [3.8, 4) is 0 Å². The van der Waals surface area contributed by atoms with E-state index in [9.17, 15) is 4.79 Å². The zero-order chi connectivity index (χ0) is 19.4. The Labute approximate surface area is 157 Å². The molecule has 2 aromatic heterocycles. The summed E-state index contributed by atoms with van der Waals surface area (Å²) in [4.78, 5) is 36.6. The van der Waals surface area contributed by atoms with E-state index >= 15 is 0 Å². The first-order valence-corrected chi connectivity index (χ1v) is 8.88. The quantitative estimate of drug-likeness (QED) is 0.757. The summed E-state index contributed by atoms with van der Waals surface area (Å²) < 4.78 is 0. The number of fused-ring (bicyclic) bond motifs is 1. The van der Waals surface area contributed by atoms with Crippen LogP contribution in [0.5, 0.6) is 0 Å². The molecule has 1 aliphatic rings. The Bertz CT molecular complexity index is 927. The van der Waals surface area contributed by atoms with Crippen LogP contribution in [-0.4, -0.2) is 63.6 Å². The molecule has 1 aliphatic heterocycles. The number of H-pyrrole nitrogens is 1. The van der Waals surface area contributed by atoms with Crippen LogP contribution in [-0.2, 0) is 4.79 Å². The Morgan fingerprint density at radius 1 is 1.33 bits per heavy atom. The Balaban J connectivity index is 1.82. The highest BCUT2D eigenvalue weighted by Crippen LogP contribution is 2.21. The lowest BCUT2D eigenvalue weighted by atomic mass is 10.2. The number of hydrogen-bond donors (Lipinski definition) is 2. The Morgan fingerprint density at radius 3 is 2.89 bits per heavy atom. The first-order valence-electron chi connectivity index (χ1n) is 8.88. The number of nitrogens with zero attached hydrogens (tertiary/aromatic N) is 6. The second-order valence-electron chi connectivity index (χ2n) is 6.25. The number of rotatable bonds is 7. The van der Waals surface area contributed by atoms with Gasteiger partial charge in [0.25, 0.3) is 5.91 Å². The fourth-order valence-electron chi connectivity index (χ4n) is 2.97. The summed E-state index contributed by atoms with van der Waals surface area (Å²) in [6, 6.07) is 0. The molecule has 142 valence electrons. The minimum Gasteiger partial charge on any atom is -0.365 e. The van der Waals surface area contributed by atoms with Crippen molar-refractivity contribution in [3.05, 3.63) is 35.7 Å². The Hall–Kier alpha value is -3.23. The van der Waals surface area contributed by atoms with E-state index < -0.39 is 5.91 Å². The number of likely N-dealkylation sites (N-methyl/N-ethyl adjacent to an activating group) is 2. The number of aromatic amines is 1. The van der Waals surface area contributed by atoms with Gasteiger partial charge in [-0.1, -0.05) is 6.08 Å². The number of aliphatic imine (C=N–C) groups is 1. The molecule has 9 nitrogen and oxygen atoms in total. The summed E-state index contributed by atoms with van der Waals surface area (Å²) in [5.74, 6) is 1.59. The number of aromatic nitrogens is 4. The van der Waals surface area contributed by atoms with Gasteiger partial charge in [0.2, 0.25) is 0 Å². The van der Waals surface area contributed by atoms with E-state index in [-0.39, 0.29) is 0 Å². The van der Waals surface area contributed by atoms with Crippen molar-refractivity contribution < 1.29 is 4.79 Å². The predicted molar refractivity (Wildman–Crippen MR) is 105 cm³/mol. The maximum atomic E-state index is 11.8. The second-order valence-corrected chi connectivity index (χ2v) is 6.25. The SMILES string of the molecule is CCN(CCN(C)C1=C(C(N)=O)C=CCC=N1)c1nc(C)nc2nc[nH]c12. The molecule has 3 N–H and O–H groups in total. The van der Waals surface area contributed by atoms with Gasteiger partial charge in [0.1, 0.15) is 17.2 Å². The van der Waals surface area contributed by atoms with Crippen molar-refractivity contribution in [2.24, 2.45) is 10.7 Å². The van der Waals surface area contributed by atoms with Crippen LogP contribution in [0.15, 0.2) is 34.9 Å². The number of allylic oxidation sites excluding steroid dienone is 1. The first-order chi connectivity index (χ1) is 13.0. The third-order valence-electron chi connectivity index (χ3n) is 4.37. The molecule has 0 radical (unpaired) electrons. The maximum Gasteiger partial charge on any atom is 0.252 e. The molecular formula is C18H24N8O. The van der Waals surface area contributed by atoms with Gasteiger partial charge < -0.3 is 20.5 Å². The molecule has 27 heavy (non-hydrogen) atoms. The van der Waals surface area contributed by atoms with E-state index in [1.807, 2.05) is 24.9 Å². The van der Waals surface area contributed by atoms with Crippen LogP contribution >= 0.6 is 0 Å². The van der Waals surface area contributed by atoms with Gasteiger partial charge in [0.15, 0.2) is 11.5 Å². The summed E-state index contributed by atoms with van der Waals surface area (Å²) in [6.45, 7) is 6.02. The summed E-state index contributed by atoms with van der Waals surface area (Å²) in [7, 11) is 1.90. The molecule has 0 unspecified atom stereocenters. The van der Waals surface area contributed by atoms with Gasteiger partial charge in [0, 0.05) is 39.3 Å². The topological polar surface area (TPSA) is 116 Å². The molecule has 0 aromatic carbocycles. The number of carbonyl (C=O) groups is 1. The zero-order valence-electron chi connectivity index (χ0n) is 15.8. The van der Waals surface area contributed by atoms with Crippen LogP contribution in [0.25, 0.3) is 11.2 Å². The number of amides is 1. The molecule has 0 saturated carbocycles. The van der Waals surface area contributed by atoms with Gasteiger partial charge in [0.05, 0.1) is 11.9 Å². The summed E-state index contributed by atoms with van der Waals surface area (Å²) >= 11 is 0. The number of nitrogens with two attached hydrogens (primary N) is 1. The predicted octanol–water partition coefficient (Wildman–Crippen LogP) is 1.15. The second kappa shape index (κ2) is 7.98. The van der Waals surface area contributed by atoms with Gasteiger partial charge in [-0.25, -0.2) is 19.9 Å². The van der Waals surface area contributed by atoms with Crippen LogP contribution in [0.1, 0.15) is 19.2 Å². The molecule has 0 atom stereocenters. The Kier molecular flexibility index (Phi) is 5.49. The summed E-state index contributed by atoms with van der Waals surface area (Å²) in [5, 5.41) is 0. The number of anilines is 1. The molecule has 3 rings (SSSR count). The van der Waals surface area contributed by atoms with Crippen molar-refractivity contribution in [1.29, 1.82) is 0 Å². The highest BCUT2D eigenvalue weighted by molar-refractivity contribution is 5.96. The van der Waals surface area contributed by atoms with E-state index in [0.717, 1.165) is 17.9 Å². The third kappa shape index (κ3) is 3.97.